The van der Waals surface area contributed by atoms with E-state index in [1.54, 1.807) is 0 Å². The lowest BCUT2D eigenvalue weighted by atomic mass is 9.89. The molecule has 0 unspecified atom stereocenters. The van der Waals surface area contributed by atoms with Gasteiger partial charge in [0, 0.05) is 13.1 Å². The van der Waals surface area contributed by atoms with Gasteiger partial charge in [0.25, 0.3) is 0 Å². The molecule has 0 spiro atoms. The predicted octanol–water partition coefficient (Wildman–Crippen LogP) is 13.4. The minimum Gasteiger partial charge on any atom is -0.329 e. The highest BCUT2D eigenvalue weighted by atomic mass is 15.1. The van der Waals surface area contributed by atoms with E-state index in [9.17, 15) is 0 Å². The summed E-state index contributed by atoms with van der Waals surface area (Å²) in [6, 6.07) is 0. The van der Waals surface area contributed by atoms with Gasteiger partial charge in [-0.1, -0.05) is 213 Å². The summed E-state index contributed by atoms with van der Waals surface area (Å²) >= 11 is 0. The van der Waals surface area contributed by atoms with Crippen molar-refractivity contribution in [3.05, 3.63) is 0 Å². The fraction of sp³-hybridized carbons (Fsp3) is 1.00. The molecule has 0 aliphatic heterocycles. The molecule has 0 bridgehead atoms. The summed E-state index contributed by atoms with van der Waals surface area (Å²) in [5.74, 6) is 1.01. The van der Waals surface area contributed by atoms with E-state index in [0.29, 0.717) is 0 Å². The van der Waals surface area contributed by atoms with Crippen LogP contribution < -0.4 is 5.73 Å². The number of rotatable bonds is 37. The number of unbranched alkanes of at least 4 members (excludes halogenated alkanes) is 25. The van der Waals surface area contributed by atoms with Gasteiger partial charge in [-0.05, 0) is 31.8 Å². The molecular formula is C40H84N2. The lowest BCUT2D eigenvalue weighted by Gasteiger charge is -2.21. The highest BCUT2D eigenvalue weighted by molar-refractivity contribution is 4.63. The molecule has 2 heteroatoms. The van der Waals surface area contributed by atoms with Crippen LogP contribution in [0.15, 0.2) is 0 Å². The molecule has 0 amide bonds. The summed E-state index contributed by atoms with van der Waals surface area (Å²) in [4.78, 5) is 2.66. The van der Waals surface area contributed by atoms with E-state index in [1.165, 1.54) is 219 Å². The van der Waals surface area contributed by atoms with Crippen molar-refractivity contribution < 1.29 is 0 Å². The second kappa shape index (κ2) is 37.1. The van der Waals surface area contributed by atoms with Gasteiger partial charge >= 0.3 is 0 Å². The third-order valence-electron chi connectivity index (χ3n) is 9.79. The average Bonchev–Trinajstić information content (AvgIpc) is 3.00. The van der Waals surface area contributed by atoms with Crippen LogP contribution in [0, 0.1) is 5.92 Å². The summed E-state index contributed by atoms with van der Waals surface area (Å²) in [7, 11) is 0. The smallest absolute Gasteiger partial charge is 0.0105 e. The van der Waals surface area contributed by atoms with Crippen LogP contribution in [0.5, 0.6) is 0 Å². The molecule has 2 nitrogen and oxygen atoms in total. The van der Waals surface area contributed by atoms with Gasteiger partial charge < -0.3 is 10.6 Å². The van der Waals surface area contributed by atoms with Crippen molar-refractivity contribution in [2.45, 2.75) is 226 Å². The zero-order chi connectivity index (χ0) is 30.6. The van der Waals surface area contributed by atoms with Gasteiger partial charge in [0.1, 0.15) is 0 Å². The number of nitrogens with zero attached hydrogens (tertiary/aromatic N) is 1. The molecule has 0 aromatic rings. The standard InChI is InChI=1S/C40H84N2/c1-4-7-10-13-16-17-18-19-20-21-26-31-37-42(39-36-41)38-32-27-22-25-30-35-40(33-28-23-14-11-8-5-2)34-29-24-15-12-9-6-3/h40H,4-39,41H2,1-3H3. The first kappa shape index (κ1) is 41.9. The largest absolute Gasteiger partial charge is 0.329 e. The van der Waals surface area contributed by atoms with Crippen LogP contribution in [0.1, 0.15) is 226 Å². The quantitative estimate of drug-likeness (QED) is 0.0727. The monoisotopic (exact) mass is 593 g/mol. The molecule has 42 heavy (non-hydrogen) atoms. The van der Waals surface area contributed by atoms with Crippen molar-refractivity contribution in [2.75, 3.05) is 26.2 Å². The van der Waals surface area contributed by atoms with Gasteiger partial charge in [-0.2, -0.15) is 0 Å². The van der Waals surface area contributed by atoms with Crippen LogP contribution in [0.2, 0.25) is 0 Å². The molecule has 0 aliphatic carbocycles. The Morgan fingerprint density at radius 3 is 0.881 bits per heavy atom. The van der Waals surface area contributed by atoms with Crippen molar-refractivity contribution in [1.82, 2.24) is 4.90 Å². The minimum atomic E-state index is 0.816. The Morgan fingerprint density at radius 1 is 0.333 bits per heavy atom. The van der Waals surface area contributed by atoms with Crippen molar-refractivity contribution in [3.8, 4) is 0 Å². The van der Waals surface area contributed by atoms with E-state index in [4.69, 9.17) is 5.73 Å². The summed E-state index contributed by atoms with van der Waals surface area (Å²) in [5, 5.41) is 0. The summed E-state index contributed by atoms with van der Waals surface area (Å²) in [6.07, 6.45) is 46.3. The van der Waals surface area contributed by atoms with Crippen LogP contribution in [-0.4, -0.2) is 31.1 Å². The fourth-order valence-corrected chi connectivity index (χ4v) is 6.85. The highest BCUT2D eigenvalue weighted by Gasteiger charge is 2.09. The molecule has 0 atom stereocenters. The third kappa shape index (κ3) is 32.8. The summed E-state index contributed by atoms with van der Waals surface area (Å²) in [5.41, 5.74) is 5.95. The molecule has 0 rings (SSSR count). The maximum absolute atomic E-state index is 5.95. The molecule has 0 fully saturated rings. The molecule has 0 saturated heterocycles. The molecular weight excluding hydrogens is 508 g/mol. The maximum atomic E-state index is 5.95. The Kier molecular flexibility index (Phi) is 37.0. The van der Waals surface area contributed by atoms with Crippen LogP contribution in [0.25, 0.3) is 0 Å². The van der Waals surface area contributed by atoms with Gasteiger partial charge in [-0.15, -0.1) is 0 Å². The van der Waals surface area contributed by atoms with E-state index in [1.807, 2.05) is 0 Å². The molecule has 254 valence electrons. The van der Waals surface area contributed by atoms with Crippen molar-refractivity contribution in [3.63, 3.8) is 0 Å². The molecule has 0 radical (unpaired) electrons. The van der Waals surface area contributed by atoms with Gasteiger partial charge in [0.2, 0.25) is 0 Å². The third-order valence-corrected chi connectivity index (χ3v) is 9.79. The van der Waals surface area contributed by atoms with Crippen LogP contribution in [0.4, 0.5) is 0 Å². The maximum Gasteiger partial charge on any atom is 0.0105 e. The Bertz CT molecular complexity index is 449. The molecule has 0 aliphatic rings. The molecule has 0 aromatic heterocycles. The van der Waals surface area contributed by atoms with Gasteiger partial charge in [0.05, 0.1) is 0 Å². The molecule has 0 saturated carbocycles. The first-order valence-corrected chi connectivity index (χ1v) is 20.2. The van der Waals surface area contributed by atoms with E-state index >= 15 is 0 Å². The predicted molar refractivity (Wildman–Crippen MR) is 194 cm³/mol. The number of hydrogen-bond donors (Lipinski definition) is 1. The van der Waals surface area contributed by atoms with Crippen LogP contribution in [0.3, 0.4) is 0 Å². The highest BCUT2D eigenvalue weighted by Crippen LogP contribution is 2.25. The van der Waals surface area contributed by atoms with E-state index in [2.05, 4.69) is 25.7 Å². The second-order valence-electron chi connectivity index (χ2n) is 14.1. The van der Waals surface area contributed by atoms with Gasteiger partial charge in [-0.3, -0.25) is 0 Å². The Balaban J connectivity index is 3.88. The lowest BCUT2D eigenvalue weighted by Crippen LogP contribution is -2.31. The van der Waals surface area contributed by atoms with E-state index < -0.39 is 0 Å². The zero-order valence-electron chi connectivity index (χ0n) is 30.1. The zero-order valence-corrected chi connectivity index (χ0v) is 30.1. The van der Waals surface area contributed by atoms with Crippen LogP contribution in [-0.2, 0) is 0 Å². The van der Waals surface area contributed by atoms with E-state index in [-0.39, 0.29) is 0 Å². The first-order chi connectivity index (χ1) is 20.8. The van der Waals surface area contributed by atoms with Crippen LogP contribution >= 0.6 is 0 Å². The Morgan fingerprint density at radius 2 is 0.595 bits per heavy atom. The number of hydrogen-bond acceptors (Lipinski definition) is 2. The lowest BCUT2D eigenvalue weighted by molar-refractivity contribution is 0.266. The molecule has 0 aromatic carbocycles. The summed E-state index contributed by atoms with van der Waals surface area (Å²) < 4.78 is 0. The topological polar surface area (TPSA) is 29.3 Å². The van der Waals surface area contributed by atoms with E-state index in [0.717, 1.165) is 19.0 Å². The molecule has 0 heterocycles. The van der Waals surface area contributed by atoms with Gasteiger partial charge in [0.15, 0.2) is 0 Å². The normalized spacial score (nSPS) is 11.9. The minimum absolute atomic E-state index is 0.816. The Labute approximate surface area is 268 Å². The Hall–Kier alpha value is -0.0800. The van der Waals surface area contributed by atoms with Crippen molar-refractivity contribution >= 4 is 0 Å². The molecule has 2 N–H and O–H groups in total. The van der Waals surface area contributed by atoms with Crippen molar-refractivity contribution in [1.29, 1.82) is 0 Å². The SMILES string of the molecule is CCCCCCCCCCCCCCN(CCN)CCCCCCCC(CCCCCCCC)CCCCCCCC. The summed E-state index contributed by atoms with van der Waals surface area (Å²) in [6.45, 7) is 11.4. The first-order valence-electron chi connectivity index (χ1n) is 20.2. The fourth-order valence-electron chi connectivity index (χ4n) is 6.85. The number of nitrogens with two attached hydrogens (primary N) is 1. The average molecular weight is 593 g/mol. The van der Waals surface area contributed by atoms with Gasteiger partial charge in [-0.25, -0.2) is 0 Å². The van der Waals surface area contributed by atoms with Crippen molar-refractivity contribution in [2.24, 2.45) is 11.7 Å². The second-order valence-corrected chi connectivity index (χ2v) is 14.1.